The van der Waals surface area contributed by atoms with Crippen LogP contribution in [-0.2, 0) is 11.3 Å². The van der Waals surface area contributed by atoms with Crippen molar-refractivity contribution in [2.75, 3.05) is 0 Å². The van der Waals surface area contributed by atoms with Crippen LogP contribution in [-0.4, -0.2) is 36.3 Å². The smallest absolute Gasteiger partial charge is 0.261 e. The Morgan fingerprint density at radius 3 is 2.80 bits per heavy atom. The zero-order valence-electron chi connectivity index (χ0n) is 14.4. The van der Waals surface area contributed by atoms with Crippen LogP contribution in [0.2, 0.25) is 0 Å². The molecule has 0 saturated heterocycles. The maximum absolute atomic E-state index is 12.5. The standard InChI is InChI=1S/C17H20N6O2/c1-11-5-4-6-14-16(11)19-10-22(17(14)25)7-15(24)21-12(2)13(3)23-9-18-8-20-23/h4-6,8-10,12-13H,7H2,1-3H3,(H,21,24)/t12-,13-/m1/s1. The van der Waals surface area contributed by atoms with Gasteiger partial charge in [0.25, 0.3) is 5.56 Å². The molecule has 0 spiro atoms. The highest BCUT2D eigenvalue weighted by atomic mass is 16.2. The summed E-state index contributed by atoms with van der Waals surface area (Å²) in [5.74, 6) is -0.254. The molecule has 130 valence electrons. The third kappa shape index (κ3) is 3.42. The number of fused-ring (bicyclic) bond motifs is 1. The molecule has 3 aromatic rings. The third-order valence-corrected chi connectivity index (χ3v) is 4.34. The number of carbonyl (C=O) groups excluding carboxylic acids is 1. The van der Waals surface area contributed by atoms with Crippen LogP contribution >= 0.6 is 0 Å². The highest BCUT2D eigenvalue weighted by Crippen LogP contribution is 2.11. The second kappa shape index (κ2) is 6.84. The fourth-order valence-corrected chi connectivity index (χ4v) is 2.68. The van der Waals surface area contributed by atoms with Crippen molar-refractivity contribution in [1.82, 2.24) is 29.6 Å². The van der Waals surface area contributed by atoms with Crippen molar-refractivity contribution in [1.29, 1.82) is 0 Å². The average Bonchev–Trinajstić information content (AvgIpc) is 3.11. The molecule has 0 saturated carbocycles. The number of hydrogen-bond acceptors (Lipinski definition) is 5. The maximum atomic E-state index is 12.5. The lowest BCUT2D eigenvalue weighted by atomic mass is 10.1. The first-order chi connectivity index (χ1) is 12.0. The predicted octanol–water partition coefficient (Wildman–Crippen LogP) is 1.06. The van der Waals surface area contributed by atoms with Crippen LogP contribution in [0.15, 0.2) is 42.0 Å². The Bertz CT molecular complexity index is 947. The van der Waals surface area contributed by atoms with Gasteiger partial charge in [0.05, 0.1) is 23.3 Å². The van der Waals surface area contributed by atoms with Gasteiger partial charge in [0.1, 0.15) is 19.2 Å². The van der Waals surface area contributed by atoms with Gasteiger partial charge in [-0.15, -0.1) is 0 Å². The Balaban J connectivity index is 1.74. The van der Waals surface area contributed by atoms with Gasteiger partial charge in [-0.25, -0.2) is 14.6 Å². The fraction of sp³-hybridized carbons (Fsp3) is 0.353. The van der Waals surface area contributed by atoms with Gasteiger partial charge in [0, 0.05) is 6.04 Å². The van der Waals surface area contributed by atoms with Crippen molar-refractivity contribution in [3.8, 4) is 0 Å². The number of carbonyl (C=O) groups is 1. The lowest BCUT2D eigenvalue weighted by Gasteiger charge is -2.21. The number of rotatable bonds is 5. The summed E-state index contributed by atoms with van der Waals surface area (Å²) in [6.07, 6.45) is 4.48. The fourth-order valence-electron chi connectivity index (χ4n) is 2.68. The Kier molecular flexibility index (Phi) is 4.60. The lowest BCUT2D eigenvalue weighted by molar-refractivity contribution is -0.122. The number of nitrogens with one attached hydrogen (secondary N) is 1. The van der Waals surface area contributed by atoms with E-state index in [0.717, 1.165) is 5.56 Å². The third-order valence-electron chi connectivity index (χ3n) is 4.34. The van der Waals surface area contributed by atoms with E-state index in [0.29, 0.717) is 10.9 Å². The number of nitrogens with zero attached hydrogens (tertiary/aromatic N) is 5. The number of hydrogen-bond donors (Lipinski definition) is 1. The molecule has 0 aliphatic carbocycles. The number of amides is 1. The van der Waals surface area contributed by atoms with Crippen LogP contribution in [0, 0.1) is 6.92 Å². The van der Waals surface area contributed by atoms with E-state index in [-0.39, 0.29) is 30.1 Å². The summed E-state index contributed by atoms with van der Waals surface area (Å²) in [5.41, 5.74) is 1.37. The molecule has 8 nitrogen and oxygen atoms in total. The van der Waals surface area contributed by atoms with Crippen molar-refractivity contribution >= 4 is 16.8 Å². The van der Waals surface area contributed by atoms with E-state index in [2.05, 4.69) is 20.4 Å². The van der Waals surface area contributed by atoms with Gasteiger partial charge in [0.15, 0.2) is 0 Å². The molecule has 0 bridgehead atoms. The van der Waals surface area contributed by atoms with E-state index in [4.69, 9.17) is 0 Å². The normalized spacial score (nSPS) is 13.6. The number of aryl methyl sites for hydroxylation is 1. The molecular formula is C17H20N6O2. The second-order valence-corrected chi connectivity index (χ2v) is 6.12. The molecular weight excluding hydrogens is 320 g/mol. The van der Waals surface area contributed by atoms with Crippen molar-refractivity contribution in [3.05, 3.63) is 53.1 Å². The molecule has 2 heterocycles. The predicted molar refractivity (Wildman–Crippen MR) is 93.1 cm³/mol. The number of para-hydroxylation sites is 1. The van der Waals surface area contributed by atoms with Gasteiger partial charge in [0.2, 0.25) is 5.91 Å². The zero-order chi connectivity index (χ0) is 18.0. The quantitative estimate of drug-likeness (QED) is 0.749. The minimum atomic E-state index is -0.254. The average molecular weight is 340 g/mol. The minimum absolute atomic E-state index is 0.0550. The summed E-state index contributed by atoms with van der Waals surface area (Å²) in [6.45, 7) is 5.64. The molecule has 25 heavy (non-hydrogen) atoms. The van der Waals surface area contributed by atoms with Crippen LogP contribution in [0.5, 0.6) is 0 Å². The molecule has 1 aromatic carbocycles. The largest absolute Gasteiger partial charge is 0.350 e. The summed E-state index contributed by atoms with van der Waals surface area (Å²) in [6, 6.07) is 5.22. The minimum Gasteiger partial charge on any atom is -0.350 e. The van der Waals surface area contributed by atoms with E-state index < -0.39 is 0 Å². The highest BCUT2D eigenvalue weighted by Gasteiger charge is 2.17. The van der Waals surface area contributed by atoms with Crippen LogP contribution < -0.4 is 10.9 Å². The summed E-state index contributed by atoms with van der Waals surface area (Å²) >= 11 is 0. The first-order valence-electron chi connectivity index (χ1n) is 8.05. The van der Waals surface area contributed by atoms with E-state index in [9.17, 15) is 9.59 Å². The number of benzene rings is 1. The molecule has 0 aliphatic rings. The molecule has 3 rings (SSSR count). The SMILES string of the molecule is Cc1cccc2c(=O)n(CC(=O)N[C@H](C)[C@@H](C)n3cncn3)cnc12. The van der Waals surface area contributed by atoms with Gasteiger partial charge in [-0.3, -0.25) is 14.2 Å². The first kappa shape index (κ1) is 16.8. The first-order valence-corrected chi connectivity index (χ1v) is 8.05. The summed E-state index contributed by atoms with van der Waals surface area (Å²) in [7, 11) is 0. The van der Waals surface area contributed by atoms with E-state index in [1.54, 1.807) is 17.1 Å². The van der Waals surface area contributed by atoms with Gasteiger partial charge in [-0.05, 0) is 32.4 Å². The topological polar surface area (TPSA) is 94.7 Å². The Morgan fingerprint density at radius 1 is 1.28 bits per heavy atom. The highest BCUT2D eigenvalue weighted by molar-refractivity contribution is 5.81. The molecule has 0 radical (unpaired) electrons. The summed E-state index contributed by atoms with van der Waals surface area (Å²) < 4.78 is 3.00. The molecule has 1 amide bonds. The molecule has 0 aliphatic heterocycles. The van der Waals surface area contributed by atoms with Gasteiger partial charge < -0.3 is 5.32 Å². The molecule has 2 aromatic heterocycles. The van der Waals surface area contributed by atoms with Crippen molar-refractivity contribution in [2.45, 2.75) is 39.4 Å². The van der Waals surface area contributed by atoms with Crippen molar-refractivity contribution < 1.29 is 4.79 Å². The Labute approximate surface area is 144 Å². The Morgan fingerprint density at radius 2 is 2.08 bits per heavy atom. The molecule has 0 unspecified atom stereocenters. The van der Waals surface area contributed by atoms with Gasteiger partial charge >= 0.3 is 0 Å². The lowest BCUT2D eigenvalue weighted by Crippen LogP contribution is -2.41. The molecule has 1 N–H and O–H groups in total. The zero-order valence-corrected chi connectivity index (χ0v) is 14.4. The van der Waals surface area contributed by atoms with Crippen molar-refractivity contribution in [3.63, 3.8) is 0 Å². The van der Waals surface area contributed by atoms with E-state index >= 15 is 0 Å². The second-order valence-electron chi connectivity index (χ2n) is 6.12. The molecule has 2 atom stereocenters. The van der Waals surface area contributed by atoms with E-state index in [1.807, 2.05) is 32.9 Å². The number of aromatic nitrogens is 5. The summed E-state index contributed by atoms with van der Waals surface area (Å²) in [5, 5.41) is 7.48. The van der Waals surface area contributed by atoms with Crippen LogP contribution in [0.25, 0.3) is 10.9 Å². The van der Waals surface area contributed by atoms with Crippen LogP contribution in [0.1, 0.15) is 25.5 Å². The molecule has 8 heteroatoms. The van der Waals surface area contributed by atoms with Crippen molar-refractivity contribution in [2.24, 2.45) is 0 Å². The maximum Gasteiger partial charge on any atom is 0.261 e. The van der Waals surface area contributed by atoms with E-state index in [1.165, 1.54) is 17.2 Å². The monoisotopic (exact) mass is 340 g/mol. The van der Waals surface area contributed by atoms with Gasteiger partial charge in [-0.2, -0.15) is 5.10 Å². The van der Waals surface area contributed by atoms with Crippen LogP contribution in [0.3, 0.4) is 0 Å². The molecule has 0 fully saturated rings. The Hall–Kier alpha value is -3.03. The van der Waals surface area contributed by atoms with Gasteiger partial charge in [-0.1, -0.05) is 12.1 Å². The summed E-state index contributed by atoms with van der Waals surface area (Å²) in [4.78, 5) is 33.1. The van der Waals surface area contributed by atoms with Crippen LogP contribution in [0.4, 0.5) is 0 Å².